The lowest BCUT2D eigenvalue weighted by Gasteiger charge is -2.32. The number of aromatic amines is 1. The minimum absolute atomic E-state index is 0.196. The molecule has 8 heteroatoms. The lowest BCUT2D eigenvalue weighted by atomic mass is 10.1. The average molecular weight is 389 g/mol. The maximum absolute atomic E-state index is 9.71. The zero-order valence-electron chi connectivity index (χ0n) is 16.2. The van der Waals surface area contributed by atoms with Gasteiger partial charge in [0.2, 0.25) is 0 Å². The first kappa shape index (κ1) is 21.0. The molecule has 0 aliphatic carbocycles. The molecular formula is C19H28N6OS. The third-order valence-corrected chi connectivity index (χ3v) is 4.71. The topological polar surface area (TPSA) is 90.0 Å². The number of thioether (sulfide) groups is 1. The summed E-state index contributed by atoms with van der Waals surface area (Å²) in [5, 5.41) is 20.8. The molecule has 1 saturated heterocycles. The number of hydrogen-bond acceptors (Lipinski definition) is 7. The largest absolute Gasteiger partial charge is 0.393 e. The standard InChI is InChI=1S/C15H22N6OS.C4H6/c1-9-8-12(20-19-9)16-13-10(2)14(18-15(17-13)23-3)21-6-4-11(22)5-7-21;1-3-4-2/h8,11,22H,4-7H2,1-3H3,(H2,16,17,18,19,20);3-4H,1-2H2. The summed E-state index contributed by atoms with van der Waals surface area (Å²) < 4.78 is 0. The molecule has 2 aromatic heterocycles. The highest BCUT2D eigenvalue weighted by atomic mass is 32.2. The summed E-state index contributed by atoms with van der Waals surface area (Å²) in [6, 6.07) is 1.94. The zero-order chi connectivity index (χ0) is 19.8. The summed E-state index contributed by atoms with van der Waals surface area (Å²) in [5.74, 6) is 2.46. The van der Waals surface area contributed by atoms with Gasteiger partial charge in [0.15, 0.2) is 11.0 Å². The number of rotatable bonds is 5. The van der Waals surface area contributed by atoms with Crippen LogP contribution in [0.3, 0.4) is 0 Å². The highest BCUT2D eigenvalue weighted by molar-refractivity contribution is 7.98. The maximum atomic E-state index is 9.71. The first-order valence-electron chi connectivity index (χ1n) is 8.86. The minimum atomic E-state index is -0.196. The van der Waals surface area contributed by atoms with Gasteiger partial charge in [-0.1, -0.05) is 37.1 Å². The summed E-state index contributed by atoms with van der Waals surface area (Å²) in [6.07, 6.45) is 6.60. The molecule has 7 nitrogen and oxygen atoms in total. The number of aryl methyl sites for hydroxylation is 1. The molecule has 3 N–H and O–H groups in total. The number of H-pyrrole nitrogens is 1. The third-order valence-electron chi connectivity index (χ3n) is 4.17. The Kier molecular flexibility index (Phi) is 7.87. The van der Waals surface area contributed by atoms with Crippen LogP contribution in [0.5, 0.6) is 0 Å². The number of aliphatic hydroxyl groups excluding tert-OH is 1. The Morgan fingerprint density at radius 1 is 1.26 bits per heavy atom. The van der Waals surface area contributed by atoms with Gasteiger partial charge in [0.1, 0.15) is 11.6 Å². The molecule has 1 aliphatic rings. The van der Waals surface area contributed by atoms with Crippen LogP contribution in [-0.2, 0) is 0 Å². The van der Waals surface area contributed by atoms with Crippen LogP contribution < -0.4 is 10.2 Å². The molecule has 0 aromatic carbocycles. The van der Waals surface area contributed by atoms with Crippen LogP contribution in [0, 0.1) is 13.8 Å². The van der Waals surface area contributed by atoms with Crippen molar-refractivity contribution in [2.75, 3.05) is 29.6 Å². The van der Waals surface area contributed by atoms with Gasteiger partial charge in [0.25, 0.3) is 0 Å². The van der Waals surface area contributed by atoms with E-state index < -0.39 is 0 Å². The fraction of sp³-hybridized carbons (Fsp3) is 0.421. The third kappa shape index (κ3) is 5.83. The Bertz CT molecular complexity index is 762. The predicted molar refractivity (Wildman–Crippen MR) is 113 cm³/mol. The Morgan fingerprint density at radius 2 is 1.93 bits per heavy atom. The second-order valence-electron chi connectivity index (χ2n) is 6.26. The highest BCUT2D eigenvalue weighted by Crippen LogP contribution is 2.30. The first-order chi connectivity index (χ1) is 13.0. The van der Waals surface area contributed by atoms with E-state index in [0.717, 1.165) is 59.8 Å². The Balaban J connectivity index is 0.000000596. The second-order valence-corrected chi connectivity index (χ2v) is 7.03. The lowest BCUT2D eigenvalue weighted by molar-refractivity contribution is 0.145. The van der Waals surface area contributed by atoms with Crippen molar-refractivity contribution in [3.63, 3.8) is 0 Å². The van der Waals surface area contributed by atoms with Gasteiger partial charge in [-0.2, -0.15) is 5.10 Å². The van der Waals surface area contributed by atoms with Crippen LogP contribution in [0.1, 0.15) is 24.1 Å². The summed E-state index contributed by atoms with van der Waals surface area (Å²) in [4.78, 5) is 11.5. The van der Waals surface area contributed by atoms with Crippen molar-refractivity contribution in [3.8, 4) is 0 Å². The van der Waals surface area contributed by atoms with E-state index in [0.29, 0.717) is 0 Å². The molecule has 0 unspecified atom stereocenters. The Hall–Kier alpha value is -2.32. The molecule has 27 heavy (non-hydrogen) atoms. The molecule has 0 spiro atoms. The van der Waals surface area contributed by atoms with E-state index in [4.69, 9.17) is 0 Å². The van der Waals surface area contributed by atoms with Crippen LogP contribution in [0.25, 0.3) is 0 Å². The van der Waals surface area contributed by atoms with Crippen LogP contribution in [0.2, 0.25) is 0 Å². The fourth-order valence-electron chi connectivity index (χ4n) is 2.69. The molecular weight excluding hydrogens is 360 g/mol. The minimum Gasteiger partial charge on any atom is -0.393 e. The summed E-state index contributed by atoms with van der Waals surface area (Å²) in [6.45, 7) is 12.3. The summed E-state index contributed by atoms with van der Waals surface area (Å²) in [5.41, 5.74) is 1.99. The monoisotopic (exact) mass is 388 g/mol. The van der Waals surface area contributed by atoms with E-state index >= 15 is 0 Å². The van der Waals surface area contributed by atoms with Crippen molar-refractivity contribution in [1.29, 1.82) is 0 Å². The van der Waals surface area contributed by atoms with Gasteiger partial charge in [-0.15, -0.1) is 0 Å². The van der Waals surface area contributed by atoms with Crippen LogP contribution in [-0.4, -0.2) is 50.7 Å². The van der Waals surface area contributed by atoms with Crippen molar-refractivity contribution >= 4 is 29.2 Å². The van der Waals surface area contributed by atoms with E-state index in [-0.39, 0.29) is 6.10 Å². The molecule has 2 aromatic rings. The number of aliphatic hydroxyl groups is 1. The number of nitrogens with one attached hydrogen (secondary N) is 2. The highest BCUT2D eigenvalue weighted by Gasteiger charge is 2.22. The van der Waals surface area contributed by atoms with E-state index in [2.05, 4.69) is 43.5 Å². The zero-order valence-corrected chi connectivity index (χ0v) is 17.0. The molecule has 0 bridgehead atoms. The Labute approximate surface area is 165 Å². The van der Waals surface area contributed by atoms with Crippen molar-refractivity contribution in [2.45, 2.75) is 37.9 Å². The molecule has 0 atom stereocenters. The van der Waals surface area contributed by atoms with Crippen LogP contribution >= 0.6 is 11.8 Å². The van der Waals surface area contributed by atoms with E-state index in [9.17, 15) is 5.11 Å². The normalized spacial score (nSPS) is 14.3. The first-order valence-corrected chi connectivity index (χ1v) is 10.1. The lowest BCUT2D eigenvalue weighted by Crippen LogP contribution is -2.37. The number of allylic oxidation sites excluding steroid dienone is 2. The van der Waals surface area contributed by atoms with Crippen molar-refractivity contribution < 1.29 is 5.11 Å². The van der Waals surface area contributed by atoms with Crippen LogP contribution in [0.4, 0.5) is 17.5 Å². The molecule has 0 radical (unpaired) electrons. The van der Waals surface area contributed by atoms with Gasteiger partial charge in [-0.05, 0) is 32.9 Å². The molecule has 146 valence electrons. The molecule has 0 amide bonds. The molecule has 0 saturated carbocycles. The van der Waals surface area contributed by atoms with Gasteiger partial charge in [-0.25, -0.2) is 9.97 Å². The number of piperidine rings is 1. The average Bonchev–Trinajstić information content (AvgIpc) is 3.09. The fourth-order valence-corrected chi connectivity index (χ4v) is 3.05. The quantitative estimate of drug-likeness (QED) is 0.409. The maximum Gasteiger partial charge on any atom is 0.191 e. The number of anilines is 3. The van der Waals surface area contributed by atoms with Gasteiger partial charge in [-0.3, -0.25) is 5.10 Å². The van der Waals surface area contributed by atoms with Gasteiger partial charge < -0.3 is 15.3 Å². The molecule has 1 fully saturated rings. The van der Waals surface area contributed by atoms with E-state index in [1.54, 1.807) is 12.2 Å². The molecule has 1 aliphatic heterocycles. The van der Waals surface area contributed by atoms with Crippen LogP contribution in [0.15, 0.2) is 36.5 Å². The number of nitrogens with zero attached hydrogens (tertiary/aromatic N) is 4. The summed E-state index contributed by atoms with van der Waals surface area (Å²) >= 11 is 1.52. The SMILES string of the molecule is C=CC=C.CSc1nc(Nc2cc(C)[nH]n2)c(C)c(N2CCC(O)CC2)n1. The smallest absolute Gasteiger partial charge is 0.191 e. The van der Waals surface area contributed by atoms with E-state index in [1.807, 2.05) is 26.2 Å². The van der Waals surface area contributed by atoms with Gasteiger partial charge in [0, 0.05) is 30.4 Å². The van der Waals surface area contributed by atoms with Crippen molar-refractivity contribution in [2.24, 2.45) is 0 Å². The second kappa shape index (κ2) is 10.1. The van der Waals surface area contributed by atoms with Gasteiger partial charge >= 0.3 is 0 Å². The van der Waals surface area contributed by atoms with Crippen molar-refractivity contribution in [1.82, 2.24) is 20.2 Å². The Morgan fingerprint density at radius 3 is 2.44 bits per heavy atom. The predicted octanol–water partition coefficient (Wildman–Crippen LogP) is 3.60. The molecule has 3 heterocycles. The van der Waals surface area contributed by atoms with Crippen molar-refractivity contribution in [3.05, 3.63) is 42.6 Å². The number of hydrogen-bond donors (Lipinski definition) is 3. The van der Waals surface area contributed by atoms with Gasteiger partial charge in [0.05, 0.1) is 6.10 Å². The molecule has 3 rings (SSSR count). The summed E-state index contributed by atoms with van der Waals surface area (Å²) in [7, 11) is 0. The van der Waals surface area contributed by atoms with E-state index in [1.165, 1.54) is 11.8 Å². The number of aromatic nitrogens is 4.